The summed E-state index contributed by atoms with van der Waals surface area (Å²) in [4.78, 5) is 13.7. The minimum absolute atomic E-state index is 0.00928. The molecule has 252 valence electrons. The molecule has 0 bridgehead atoms. The smallest absolute Gasteiger partial charge is 0.224 e. The second kappa shape index (κ2) is 12.4. The predicted molar refractivity (Wildman–Crippen MR) is 189 cm³/mol. The zero-order chi connectivity index (χ0) is 33.1. The third-order valence-electron chi connectivity index (χ3n) is 13.6. The molecule has 3 fully saturated rings. The number of carbonyl (C=O) groups excluding carboxylic acids is 1. The fourth-order valence-electron chi connectivity index (χ4n) is 8.38. The van der Waals surface area contributed by atoms with Crippen LogP contribution < -0.4 is 0 Å². The molecule has 3 saturated carbocycles. The molecule has 0 radical (unpaired) electrons. The van der Waals surface area contributed by atoms with Crippen LogP contribution in [-0.2, 0) is 18.4 Å². The lowest BCUT2D eigenvalue weighted by Crippen LogP contribution is -2.58. The van der Waals surface area contributed by atoms with Crippen LogP contribution >= 0.6 is 0 Å². The van der Waals surface area contributed by atoms with Gasteiger partial charge in [0.05, 0.1) is 25.2 Å². The van der Waals surface area contributed by atoms with Crippen molar-refractivity contribution in [2.45, 2.75) is 149 Å². The normalized spacial score (nSPS) is 34.5. The van der Waals surface area contributed by atoms with Gasteiger partial charge in [0.1, 0.15) is 0 Å². The van der Waals surface area contributed by atoms with E-state index in [-0.39, 0.29) is 39.0 Å². The number of rotatable bonds is 9. The van der Waals surface area contributed by atoms with E-state index in [9.17, 15) is 4.79 Å². The van der Waals surface area contributed by atoms with Gasteiger partial charge in [-0.15, -0.1) is 0 Å². The summed E-state index contributed by atoms with van der Waals surface area (Å²) in [5, 5.41) is 0.352. The predicted octanol–water partition coefficient (Wildman–Crippen LogP) is 9.37. The molecule has 0 unspecified atom stereocenters. The van der Waals surface area contributed by atoms with Gasteiger partial charge in [-0.25, -0.2) is 0 Å². The third-order valence-corrected chi connectivity index (χ3v) is 22.6. The Morgan fingerprint density at radius 2 is 1.52 bits per heavy atom. The van der Waals surface area contributed by atoms with Crippen LogP contribution in [0.15, 0.2) is 23.3 Å². The van der Waals surface area contributed by atoms with Gasteiger partial charge in [-0.05, 0) is 98.0 Å². The van der Waals surface area contributed by atoms with Crippen molar-refractivity contribution in [2.75, 3.05) is 27.3 Å². The summed E-state index contributed by atoms with van der Waals surface area (Å²) in [7, 11) is -0.298. The van der Waals surface area contributed by atoms with Crippen LogP contribution in [0, 0.1) is 28.6 Å². The first-order valence-corrected chi connectivity index (χ1v) is 23.4. The monoisotopic (exact) mass is 645 g/mol. The second-order valence-corrected chi connectivity index (χ2v) is 28.0. The van der Waals surface area contributed by atoms with E-state index < -0.39 is 16.6 Å². The van der Waals surface area contributed by atoms with Gasteiger partial charge in [-0.2, -0.15) is 0 Å². The molecule has 4 rings (SSSR count). The SMILES string of the molecule is CN(C)C(=O)CCOC[C@H]1CC[C@H]2C3=CC=C4C[C@@H](O[Si](C)(C)C(C)(C)C)C[C@H](O[Si](C)(C)C(C)(C)C)[C@]4(C)[C@H]3CC[C@]12C. The molecule has 0 aromatic carbocycles. The molecule has 0 aliphatic heterocycles. The zero-order valence-electron chi connectivity index (χ0n) is 31.0. The summed E-state index contributed by atoms with van der Waals surface area (Å²) in [5.41, 5.74) is 3.52. The van der Waals surface area contributed by atoms with Crippen molar-refractivity contribution in [3.05, 3.63) is 23.3 Å². The number of hydrogen-bond acceptors (Lipinski definition) is 4. The number of fused-ring (bicyclic) bond motifs is 5. The quantitative estimate of drug-likeness (QED) is 0.185. The lowest BCUT2D eigenvalue weighted by atomic mass is 9.50. The number of ether oxygens (including phenoxy) is 1. The Morgan fingerprint density at radius 3 is 2.11 bits per heavy atom. The number of hydrogen-bond donors (Lipinski definition) is 0. The Bertz CT molecular complexity index is 1130. The lowest BCUT2D eigenvalue weighted by molar-refractivity contribution is -0.130. The molecule has 44 heavy (non-hydrogen) atoms. The molecule has 5 nitrogen and oxygen atoms in total. The molecule has 0 N–H and O–H groups in total. The van der Waals surface area contributed by atoms with Crippen LogP contribution in [0.1, 0.15) is 100 Å². The van der Waals surface area contributed by atoms with Gasteiger partial charge in [0, 0.05) is 26.1 Å². The Balaban J connectivity index is 1.61. The maximum Gasteiger partial charge on any atom is 0.224 e. The fourth-order valence-corrected chi connectivity index (χ4v) is 11.2. The molecular formula is C37H67NO4Si2. The fraction of sp³-hybridized carbons (Fsp3) is 0.865. The molecule has 4 aliphatic carbocycles. The molecule has 1 amide bonds. The first-order valence-electron chi connectivity index (χ1n) is 17.6. The summed E-state index contributed by atoms with van der Waals surface area (Å²) < 4.78 is 20.8. The van der Waals surface area contributed by atoms with Gasteiger partial charge < -0.3 is 18.5 Å². The summed E-state index contributed by atoms with van der Waals surface area (Å²) >= 11 is 0. The summed E-state index contributed by atoms with van der Waals surface area (Å²) in [5.74, 6) is 1.82. The third kappa shape index (κ3) is 6.65. The lowest BCUT2D eigenvalue weighted by Gasteiger charge is -2.59. The van der Waals surface area contributed by atoms with Crippen LogP contribution in [0.4, 0.5) is 0 Å². The van der Waals surface area contributed by atoms with E-state index in [2.05, 4.69) is 93.7 Å². The Morgan fingerprint density at radius 1 is 0.909 bits per heavy atom. The maximum atomic E-state index is 12.1. The first kappa shape index (κ1) is 36.1. The van der Waals surface area contributed by atoms with Gasteiger partial charge in [0.15, 0.2) is 16.6 Å². The number of nitrogens with zero attached hydrogens (tertiary/aromatic N) is 1. The van der Waals surface area contributed by atoms with Crippen molar-refractivity contribution in [1.82, 2.24) is 4.90 Å². The highest BCUT2D eigenvalue weighted by Gasteiger charge is 2.60. The molecule has 0 heterocycles. The largest absolute Gasteiger partial charge is 0.414 e. The van der Waals surface area contributed by atoms with E-state index in [1.807, 2.05) is 14.1 Å². The van der Waals surface area contributed by atoms with E-state index in [1.165, 1.54) is 25.7 Å². The molecular weight excluding hydrogens is 579 g/mol. The zero-order valence-corrected chi connectivity index (χ0v) is 33.0. The van der Waals surface area contributed by atoms with Crippen LogP contribution in [0.25, 0.3) is 0 Å². The van der Waals surface area contributed by atoms with E-state index in [1.54, 1.807) is 16.0 Å². The molecule has 7 heteroatoms. The number of allylic oxidation sites excluding steroid dienone is 3. The van der Waals surface area contributed by atoms with Crippen LogP contribution in [-0.4, -0.2) is 67.0 Å². The van der Waals surface area contributed by atoms with Crippen molar-refractivity contribution in [3.63, 3.8) is 0 Å². The minimum atomic E-state index is -2.02. The van der Waals surface area contributed by atoms with Crippen molar-refractivity contribution in [1.29, 1.82) is 0 Å². The van der Waals surface area contributed by atoms with Crippen molar-refractivity contribution >= 4 is 22.5 Å². The van der Waals surface area contributed by atoms with Crippen molar-refractivity contribution in [3.8, 4) is 0 Å². The Labute approximate surface area is 273 Å². The Kier molecular flexibility index (Phi) is 10.2. The molecule has 0 spiro atoms. The topological polar surface area (TPSA) is 48.0 Å². The number of carbonyl (C=O) groups is 1. The summed E-state index contributed by atoms with van der Waals surface area (Å²) in [6.07, 6.45) is 12.9. The average Bonchev–Trinajstić information content (AvgIpc) is 3.21. The molecule has 0 saturated heterocycles. The highest BCUT2D eigenvalue weighted by atomic mass is 28.4. The van der Waals surface area contributed by atoms with Gasteiger partial charge in [0.25, 0.3) is 0 Å². The summed E-state index contributed by atoms with van der Waals surface area (Å²) in [6.45, 7) is 30.3. The van der Waals surface area contributed by atoms with Crippen LogP contribution in [0.2, 0.25) is 36.3 Å². The molecule has 7 atom stereocenters. The molecule has 0 aromatic heterocycles. The summed E-state index contributed by atoms with van der Waals surface area (Å²) in [6, 6.07) is 0. The number of amides is 1. The average molecular weight is 646 g/mol. The van der Waals surface area contributed by atoms with Crippen LogP contribution in [0.5, 0.6) is 0 Å². The van der Waals surface area contributed by atoms with Gasteiger partial charge >= 0.3 is 0 Å². The highest BCUT2D eigenvalue weighted by Crippen LogP contribution is 2.66. The standard InChI is InChI=1S/C37H67NO4Si2/c1-34(2,3)43(11,12)41-28-23-26-15-17-29-30-18-16-27(25-40-22-20-33(39)38(9)10)36(30,7)21-19-31(29)37(26,8)32(24-28)42-44(13,14)35(4,5)6/h15,17,27-28,30-32H,16,18-25H2,1-14H3/t27-,28-,30+,31+,32+,36-,37+/m1/s1. The maximum absolute atomic E-state index is 12.1. The van der Waals surface area contributed by atoms with E-state index in [4.69, 9.17) is 13.6 Å². The highest BCUT2D eigenvalue weighted by molar-refractivity contribution is 6.74. The molecule has 4 aliphatic rings. The van der Waals surface area contributed by atoms with Crippen LogP contribution in [0.3, 0.4) is 0 Å². The van der Waals surface area contributed by atoms with Gasteiger partial charge in [0.2, 0.25) is 5.91 Å². The van der Waals surface area contributed by atoms with E-state index >= 15 is 0 Å². The van der Waals surface area contributed by atoms with Gasteiger partial charge in [-0.3, -0.25) is 4.79 Å². The first-order chi connectivity index (χ1) is 20.0. The minimum Gasteiger partial charge on any atom is -0.414 e. The second-order valence-electron chi connectivity index (χ2n) is 18.5. The van der Waals surface area contributed by atoms with Crippen molar-refractivity contribution in [2.24, 2.45) is 28.6 Å². The van der Waals surface area contributed by atoms with E-state index in [0.29, 0.717) is 30.8 Å². The Hall–Kier alpha value is -0.736. The molecule has 0 aromatic rings. The van der Waals surface area contributed by atoms with Gasteiger partial charge in [-0.1, -0.05) is 78.7 Å². The van der Waals surface area contributed by atoms with E-state index in [0.717, 1.165) is 19.4 Å². The van der Waals surface area contributed by atoms with Crippen molar-refractivity contribution < 1.29 is 18.4 Å².